The van der Waals surface area contributed by atoms with Gasteiger partial charge in [-0.1, -0.05) is 12.1 Å². The number of sulfonamides is 2. The zero-order valence-electron chi connectivity index (χ0n) is 19.6. The normalized spacial score (nSPS) is 12.8. The second-order valence-corrected chi connectivity index (χ2v) is 11.4. The lowest BCUT2D eigenvalue weighted by Crippen LogP contribution is -2.18. The third-order valence-electron chi connectivity index (χ3n) is 5.84. The van der Waals surface area contributed by atoms with Gasteiger partial charge in [-0.15, -0.1) is 0 Å². The van der Waals surface area contributed by atoms with Gasteiger partial charge in [-0.3, -0.25) is 14.2 Å². The smallest absolute Gasteiger partial charge is 0.264 e. The quantitative estimate of drug-likeness (QED) is 0.307. The van der Waals surface area contributed by atoms with Crippen LogP contribution in [0.2, 0.25) is 0 Å². The monoisotopic (exact) mass is 539 g/mol. The highest BCUT2D eigenvalue weighted by molar-refractivity contribution is 7.93. The van der Waals surface area contributed by atoms with Crippen molar-refractivity contribution in [2.45, 2.75) is 9.79 Å². The van der Waals surface area contributed by atoms with Gasteiger partial charge in [0.05, 0.1) is 24.8 Å². The van der Waals surface area contributed by atoms with Crippen molar-refractivity contribution < 1.29 is 31.1 Å². The molecule has 37 heavy (non-hydrogen) atoms. The third-order valence-corrected chi connectivity index (χ3v) is 8.66. The number of benzene rings is 4. The van der Waals surface area contributed by atoms with Gasteiger partial charge in [0.25, 0.3) is 26.0 Å². The molecule has 0 unspecified atom stereocenters. The number of methoxy groups -OCH3 is 2. The predicted octanol–water partition coefficient (Wildman–Crippen LogP) is 4.02. The van der Waals surface area contributed by atoms with Gasteiger partial charge in [-0.25, -0.2) is 16.8 Å². The van der Waals surface area contributed by atoms with Crippen molar-refractivity contribution in [2.75, 3.05) is 29.0 Å². The molecule has 0 bridgehead atoms. The van der Waals surface area contributed by atoms with Crippen molar-refractivity contribution in [3.63, 3.8) is 0 Å². The first-order chi connectivity index (χ1) is 17.6. The molecule has 1 amide bonds. The average molecular weight is 540 g/mol. The number of carbonyl (C=O) groups excluding carboxylic acids is 1. The highest BCUT2D eigenvalue weighted by atomic mass is 32.2. The van der Waals surface area contributed by atoms with Gasteiger partial charge < -0.3 is 14.8 Å². The van der Waals surface area contributed by atoms with Crippen LogP contribution in [0.1, 0.15) is 10.4 Å². The molecule has 0 saturated heterocycles. The molecule has 0 spiro atoms. The van der Waals surface area contributed by atoms with Crippen LogP contribution in [-0.2, 0) is 20.0 Å². The Kier molecular flexibility index (Phi) is 5.92. The molecule has 10 nitrogen and oxygen atoms in total. The Morgan fingerprint density at radius 2 is 1.22 bits per heavy atom. The maximum Gasteiger partial charge on any atom is 0.264 e. The SMILES string of the molecule is COc1ccc(NS(=O)(=O)c2cc(S(=O)(=O)Nc3ccc(OC)cc3)c3cccc4c3c2NC4=O)cc1. The summed E-state index contributed by atoms with van der Waals surface area (Å²) in [7, 11) is -5.65. The Morgan fingerprint density at radius 1 is 0.703 bits per heavy atom. The largest absolute Gasteiger partial charge is 0.497 e. The Balaban J connectivity index is 1.66. The second-order valence-electron chi connectivity index (χ2n) is 8.10. The molecule has 190 valence electrons. The van der Waals surface area contributed by atoms with Gasteiger partial charge in [0.15, 0.2) is 0 Å². The Bertz CT molecular complexity index is 1750. The number of hydrogen-bond donors (Lipinski definition) is 3. The second kappa shape index (κ2) is 8.98. The van der Waals surface area contributed by atoms with Crippen molar-refractivity contribution in [3.05, 3.63) is 78.4 Å². The van der Waals surface area contributed by atoms with E-state index in [0.29, 0.717) is 11.5 Å². The molecule has 12 heteroatoms. The van der Waals surface area contributed by atoms with Crippen LogP contribution in [-0.4, -0.2) is 37.0 Å². The molecule has 5 rings (SSSR count). The van der Waals surface area contributed by atoms with E-state index in [4.69, 9.17) is 9.47 Å². The summed E-state index contributed by atoms with van der Waals surface area (Å²) in [4.78, 5) is 12.0. The van der Waals surface area contributed by atoms with E-state index in [1.165, 1.54) is 50.6 Å². The van der Waals surface area contributed by atoms with Crippen LogP contribution in [0.4, 0.5) is 17.1 Å². The summed E-state index contributed by atoms with van der Waals surface area (Å²) in [5, 5.41) is 3.00. The maximum atomic E-state index is 13.5. The number of amides is 1. The molecule has 1 heterocycles. The predicted molar refractivity (Wildman–Crippen MR) is 140 cm³/mol. The molecule has 0 fully saturated rings. The van der Waals surface area contributed by atoms with Gasteiger partial charge in [0, 0.05) is 27.7 Å². The van der Waals surface area contributed by atoms with E-state index in [0.717, 1.165) is 6.07 Å². The highest BCUT2D eigenvalue weighted by Crippen LogP contribution is 2.42. The zero-order chi connectivity index (χ0) is 26.4. The number of hydrogen-bond acceptors (Lipinski definition) is 7. The van der Waals surface area contributed by atoms with Crippen LogP contribution in [0, 0.1) is 0 Å². The first-order valence-electron chi connectivity index (χ1n) is 10.9. The first-order valence-corrected chi connectivity index (χ1v) is 13.8. The summed E-state index contributed by atoms with van der Waals surface area (Å²) in [6.07, 6.45) is 0. The summed E-state index contributed by atoms with van der Waals surface area (Å²) in [5.74, 6) is 0.539. The van der Waals surface area contributed by atoms with Crippen molar-refractivity contribution in [2.24, 2.45) is 0 Å². The molecule has 1 aliphatic rings. The summed E-state index contributed by atoms with van der Waals surface area (Å²) >= 11 is 0. The van der Waals surface area contributed by atoms with Crippen LogP contribution in [0.25, 0.3) is 10.8 Å². The van der Waals surface area contributed by atoms with E-state index < -0.39 is 26.0 Å². The van der Waals surface area contributed by atoms with Crippen molar-refractivity contribution in [3.8, 4) is 11.5 Å². The molecule has 0 aliphatic carbocycles. The fourth-order valence-corrected chi connectivity index (χ4v) is 6.70. The average Bonchev–Trinajstić information content (AvgIpc) is 3.21. The van der Waals surface area contributed by atoms with Crippen LogP contribution < -0.4 is 24.2 Å². The molecule has 1 aliphatic heterocycles. The molecule has 4 aromatic rings. The number of carbonyl (C=O) groups is 1. The Morgan fingerprint density at radius 3 is 1.73 bits per heavy atom. The fourth-order valence-electron chi connectivity index (χ4n) is 4.09. The first kappa shape index (κ1) is 24.4. The number of anilines is 3. The van der Waals surface area contributed by atoms with Crippen LogP contribution in [0.3, 0.4) is 0 Å². The number of ether oxygens (including phenoxy) is 2. The standard InChI is InChI=1S/C25H21N3O7S2/c1-34-17-10-6-15(7-11-17)27-36(30,31)21-14-22(24-23-19(21)4-3-5-20(23)25(29)26-24)37(32,33)28-16-8-12-18(35-2)13-9-16/h3-14,27-28H,1-2H3,(H,26,29). The molecular weight excluding hydrogens is 518 g/mol. The van der Waals surface area contributed by atoms with Gasteiger partial charge in [0.2, 0.25) is 0 Å². The minimum absolute atomic E-state index is 0.0139. The fraction of sp³-hybridized carbons (Fsp3) is 0.0800. The highest BCUT2D eigenvalue weighted by Gasteiger charge is 2.33. The van der Waals surface area contributed by atoms with Crippen LogP contribution >= 0.6 is 0 Å². The topological polar surface area (TPSA) is 140 Å². The van der Waals surface area contributed by atoms with Crippen molar-refractivity contribution >= 4 is 53.8 Å². The summed E-state index contributed by atoms with van der Waals surface area (Å²) in [5.41, 5.74) is 0.667. The van der Waals surface area contributed by atoms with Crippen LogP contribution in [0.5, 0.6) is 11.5 Å². The summed E-state index contributed by atoms with van der Waals surface area (Å²) in [6.45, 7) is 0. The van der Waals surface area contributed by atoms with E-state index in [1.807, 2.05) is 0 Å². The van der Waals surface area contributed by atoms with E-state index in [-0.39, 0.29) is 43.2 Å². The molecule has 0 aromatic heterocycles. The van der Waals surface area contributed by atoms with E-state index in [2.05, 4.69) is 14.8 Å². The lowest BCUT2D eigenvalue weighted by molar-refractivity contribution is 0.103. The van der Waals surface area contributed by atoms with Gasteiger partial charge in [-0.05, 0) is 60.7 Å². The minimum Gasteiger partial charge on any atom is -0.497 e. The molecule has 0 saturated carbocycles. The summed E-state index contributed by atoms with van der Waals surface area (Å²) < 4.78 is 69.2. The maximum absolute atomic E-state index is 13.5. The van der Waals surface area contributed by atoms with Crippen molar-refractivity contribution in [1.82, 2.24) is 0 Å². The van der Waals surface area contributed by atoms with Gasteiger partial charge in [-0.2, -0.15) is 0 Å². The number of rotatable bonds is 8. The lowest BCUT2D eigenvalue weighted by atomic mass is 10.1. The Labute approximate surface area is 213 Å². The molecule has 0 atom stereocenters. The molecular formula is C25H21N3O7S2. The van der Waals surface area contributed by atoms with E-state index >= 15 is 0 Å². The van der Waals surface area contributed by atoms with Crippen LogP contribution in [0.15, 0.2) is 82.6 Å². The van der Waals surface area contributed by atoms with Crippen molar-refractivity contribution in [1.29, 1.82) is 0 Å². The van der Waals surface area contributed by atoms with E-state index in [9.17, 15) is 21.6 Å². The van der Waals surface area contributed by atoms with Gasteiger partial charge in [0.1, 0.15) is 16.4 Å². The minimum atomic E-state index is -4.34. The lowest BCUT2D eigenvalue weighted by Gasteiger charge is -2.16. The van der Waals surface area contributed by atoms with E-state index in [1.54, 1.807) is 30.3 Å². The molecule has 0 radical (unpaired) electrons. The molecule has 3 N–H and O–H groups in total. The Hall–Kier alpha value is -4.29. The third kappa shape index (κ3) is 4.41. The zero-order valence-corrected chi connectivity index (χ0v) is 21.2. The number of nitrogens with one attached hydrogen (secondary N) is 3. The summed E-state index contributed by atoms with van der Waals surface area (Å²) in [6, 6.07) is 18.0. The molecule has 4 aromatic carbocycles. The van der Waals surface area contributed by atoms with Gasteiger partial charge >= 0.3 is 0 Å².